The molecule has 8 nitrogen and oxygen atoms in total. The van der Waals surface area contributed by atoms with Gasteiger partial charge in [0, 0.05) is 43.2 Å². The lowest BCUT2D eigenvalue weighted by Gasteiger charge is -2.43. The number of carbonyl (C=O) groups excluding carboxylic acids is 3. The lowest BCUT2D eigenvalue weighted by atomic mass is 9.74. The van der Waals surface area contributed by atoms with Crippen LogP contribution in [0.4, 0.5) is 0 Å². The van der Waals surface area contributed by atoms with Gasteiger partial charge >= 0.3 is 0 Å². The molecular formula is C30H40N5O3+. The maximum absolute atomic E-state index is 14.1. The van der Waals surface area contributed by atoms with Crippen molar-refractivity contribution >= 4 is 28.6 Å². The van der Waals surface area contributed by atoms with Crippen molar-refractivity contribution in [1.29, 1.82) is 0 Å². The zero-order chi connectivity index (χ0) is 27.3. The quantitative estimate of drug-likeness (QED) is 0.347. The highest BCUT2D eigenvalue weighted by Crippen LogP contribution is 2.35. The van der Waals surface area contributed by atoms with Crippen molar-refractivity contribution in [2.45, 2.75) is 58.0 Å². The van der Waals surface area contributed by atoms with Crippen LogP contribution in [0.15, 0.2) is 60.8 Å². The Bertz CT molecular complexity index is 1280. The van der Waals surface area contributed by atoms with Crippen molar-refractivity contribution in [3.8, 4) is 0 Å². The first kappa shape index (κ1) is 27.4. The van der Waals surface area contributed by atoms with E-state index >= 15 is 0 Å². The van der Waals surface area contributed by atoms with Gasteiger partial charge in [-0.05, 0) is 57.2 Å². The highest BCUT2D eigenvalue weighted by molar-refractivity contribution is 5.92. The second-order valence-electron chi connectivity index (χ2n) is 11.1. The van der Waals surface area contributed by atoms with Gasteiger partial charge in [-0.1, -0.05) is 48.5 Å². The van der Waals surface area contributed by atoms with E-state index in [0.717, 1.165) is 22.0 Å². The van der Waals surface area contributed by atoms with Gasteiger partial charge in [0.1, 0.15) is 6.04 Å². The zero-order valence-electron chi connectivity index (χ0n) is 22.7. The molecule has 202 valence electrons. The molecule has 0 aliphatic carbocycles. The predicted octanol–water partition coefficient (Wildman–Crippen LogP) is 2.20. The summed E-state index contributed by atoms with van der Waals surface area (Å²) in [4.78, 5) is 45.6. The van der Waals surface area contributed by atoms with Gasteiger partial charge < -0.3 is 26.3 Å². The van der Waals surface area contributed by atoms with Crippen LogP contribution in [0.1, 0.15) is 44.7 Å². The molecule has 1 aromatic heterocycles. The molecule has 1 aliphatic rings. The van der Waals surface area contributed by atoms with Gasteiger partial charge in [0.2, 0.25) is 11.8 Å². The number of H-pyrrole nitrogens is 1. The number of nitrogens with zero attached hydrogens (tertiary/aromatic N) is 1. The second kappa shape index (κ2) is 11.4. The molecule has 38 heavy (non-hydrogen) atoms. The summed E-state index contributed by atoms with van der Waals surface area (Å²) in [7, 11) is 0. The Morgan fingerprint density at radius 3 is 2.53 bits per heavy atom. The first-order chi connectivity index (χ1) is 18.1. The fraction of sp³-hybridized carbons (Fsp3) is 0.433. The molecule has 8 heteroatoms. The topological polar surface area (TPSA) is 122 Å². The lowest BCUT2D eigenvalue weighted by Crippen LogP contribution is -2.76. The third kappa shape index (κ3) is 6.07. The van der Waals surface area contributed by atoms with E-state index in [4.69, 9.17) is 0 Å². The number of nitrogens with one attached hydrogen (secondary N) is 3. The first-order valence-electron chi connectivity index (χ1n) is 13.5. The largest absolute Gasteiger partial charge is 0.361 e. The maximum Gasteiger partial charge on any atom is 0.281 e. The van der Waals surface area contributed by atoms with Gasteiger partial charge in [-0.15, -0.1) is 0 Å². The number of para-hydroxylation sites is 1. The number of rotatable bonds is 9. The molecule has 3 amide bonds. The van der Waals surface area contributed by atoms with Crippen molar-refractivity contribution in [3.05, 3.63) is 71.9 Å². The Kier molecular flexibility index (Phi) is 8.21. The SMILES string of the molecule is CCNC(=O)[C@]1(Cc2ccccc2)CCCN(C(=O)[C@@H](Cc2c[nH]c3ccccc23)NC(=O)C(C)(C)[NH3+])C1. The van der Waals surface area contributed by atoms with Crippen molar-refractivity contribution < 1.29 is 20.1 Å². The smallest absolute Gasteiger partial charge is 0.281 e. The van der Waals surface area contributed by atoms with Gasteiger partial charge in [0.05, 0.1) is 5.41 Å². The van der Waals surface area contributed by atoms with Gasteiger partial charge in [0.25, 0.3) is 5.91 Å². The fourth-order valence-corrected chi connectivity index (χ4v) is 5.36. The fourth-order valence-electron chi connectivity index (χ4n) is 5.36. The van der Waals surface area contributed by atoms with Gasteiger partial charge in [0.15, 0.2) is 5.54 Å². The van der Waals surface area contributed by atoms with Crippen LogP contribution in [0.25, 0.3) is 10.9 Å². The van der Waals surface area contributed by atoms with Crippen molar-refractivity contribution in [2.75, 3.05) is 19.6 Å². The number of aromatic nitrogens is 1. The summed E-state index contributed by atoms with van der Waals surface area (Å²) in [6, 6.07) is 17.1. The van der Waals surface area contributed by atoms with E-state index in [-0.39, 0.29) is 17.7 Å². The van der Waals surface area contributed by atoms with Gasteiger partial charge in [-0.3, -0.25) is 14.4 Å². The number of piperidine rings is 1. The normalized spacial score (nSPS) is 18.7. The minimum atomic E-state index is -0.890. The summed E-state index contributed by atoms with van der Waals surface area (Å²) in [6.07, 6.45) is 4.20. The number of likely N-dealkylation sites (tertiary alicyclic amines) is 1. The summed E-state index contributed by atoms with van der Waals surface area (Å²) in [5, 5.41) is 7.02. The summed E-state index contributed by atoms with van der Waals surface area (Å²) in [5.41, 5.74) is 5.34. The Hall–Kier alpha value is -3.65. The Labute approximate surface area is 224 Å². The van der Waals surface area contributed by atoms with E-state index in [9.17, 15) is 14.4 Å². The Morgan fingerprint density at radius 1 is 1.11 bits per heavy atom. The molecule has 2 aromatic carbocycles. The molecule has 0 unspecified atom stereocenters. The molecule has 0 saturated carbocycles. The number of carbonyl (C=O) groups is 3. The van der Waals surface area contributed by atoms with E-state index in [1.165, 1.54) is 0 Å². The van der Waals surface area contributed by atoms with Crippen LogP contribution >= 0.6 is 0 Å². The molecule has 1 saturated heterocycles. The average molecular weight is 519 g/mol. The molecule has 0 radical (unpaired) electrons. The van der Waals surface area contributed by atoms with Crippen LogP contribution in [0.2, 0.25) is 0 Å². The van der Waals surface area contributed by atoms with Gasteiger partial charge in [-0.2, -0.15) is 0 Å². The number of amides is 3. The molecule has 2 atom stereocenters. The molecule has 0 spiro atoms. The van der Waals surface area contributed by atoms with E-state index in [1.807, 2.05) is 67.7 Å². The minimum Gasteiger partial charge on any atom is -0.361 e. The lowest BCUT2D eigenvalue weighted by molar-refractivity contribution is -0.446. The summed E-state index contributed by atoms with van der Waals surface area (Å²) >= 11 is 0. The van der Waals surface area contributed by atoms with Crippen LogP contribution in [-0.4, -0.2) is 58.8 Å². The highest BCUT2D eigenvalue weighted by Gasteiger charge is 2.44. The molecule has 1 fully saturated rings. The minimum absolute atomic E-state index is 0.0301. The standard InChI is InChI=1S/C30H39N5O3/c1-4-32-28(38)30(18-21-11-6-5-7-12-21)15-10-16-35(20-30)26(36)25(34-27(37)29(2,3)31)17-22-19-33-24-14-9-8-13-23(22)24/h5-9,11-14,19,25,33H,4,10,15-18,20,31H2,1-3H3,(H,32,38)(H,34,37)/p+1/t25-,30+/m1/s1. The van der Waals surface area contributed by atoms with Crippen molar-refractivity contribution in [1.82, 2.24) is 20.5 Å². The van der Waals surface area contributed by atoms with Crippen LogP contribution in [0.3, 0.4) is 0 Å². The van der Waals surface area contributed by atoms with E-state index in [0.29, 0.717) is 45.3 Å². The molecule has 0 bridgehead atoms. The average Bonchev–Trinajstić information content (AvgIpc) is 3.31. The Balaban J connectivity index is 1.63. The number of aromatic amines is 1. The zero-order valence-corrected chi connectivity index (χ0v) is 22.7. The molecule has 1 aliphatic heterocycles. The molecular weight excluding hydrogens is 478 g/mol. The highest BCUT2D eigenvalue weighted by atomic mass is 16.2. The second-order valence-corrected chi connectivity index (χ2v) is 11.1. The predicted molar refractivity (Wildman–Crippen MR) is 148 cm³/mol. The molecule has 2 heterocycles. The molecule has 6 N–H and O–H groups in total. The number of benzene rings is 2. The number of hydrogen-bond donors (Lipinski definition) is 4. The van der Waals surface area contributed by atoms with E-state index in [2.05, 4.69) is 21.4 Å². The van der Waals surface area contributed by atoms with Crippen LogP contribution in [0.5, 0.6) is 0 Å². The molecule has 4 rings (SSSR count). The van der Waals surface area contributed by atoms with Gasteiger partial charge in [-0.25, -0.2) is 0 Å². The number of hydrogen-bond acceptors (Lipinski definition) is 3. The van der Waals surface area contributed by atoms with Crippen molar-refractivity contribution in [3.63, 3.8) is 0 Å². The third-order valence-corrected chi connectivity index (χ3v) is 7.41. The molecule has 3 aromatic rings. The van der Waals surface area contributed by atoms with Crippen LogP contribution < -0.4 is 16.4 Å². The summed E-state index contributed by atoms with van der Waals surface area (Å²) in [6.45, 7) is 6.75. The van der Waals surface area contributed by atoms with E-state index < -0.39 is 17.0 Å². The third-order valence-electron chi connectivity index (χ3n) is 7.41. The number of quaternary nitrogens is 1. The Morgan fingerprint density at radius 2 is 1.82 bits per heavy atom. The summed E-state index contributed by atoms with van der Waals surface area (Å²) in [5.74, 6) is -0.487. The monoisotopic (exact) mass is 518 g/mol. The maximum atomic E-state index is 14.1. The van der Waals surface area contributed by atoms with Crippen LogP contribution in [-0.2, 0) is 27.2 Å². The van der Waals surface area contributed by atoms with Crippen molar-refractivity contribution in [2.24, 2.45) is 5.41 Å². The number of fused-ring (bicyclic) bond motifs is 1. The van der Waals surface area contributed by atoms with E-state index in [1.54, 1.807) is 18.7 Å². The first-order valence-corrected chi connectivity index (χ1v) is 13.5. The summed E-state index contributed by atoms with van der Waals surface area (Å²) < 4.78 is 0. The van der Waals surface area contributed by atoms with Crippen LogP contribution in [0, 0.1) is 5.41 Å².